The number of unbranched alkanes of at least 4 members (excludes halogenated alkanes) is 5. The van der Waals surface area contributed by atoms with Crippen LogP contribution in [0.1, 0.15) is 71.6 Å². The normalized spacial score (nSPS) is 12.7. The Morgan fingerprint density at radius 3 is 1.55 bits per heavy atom. The molecule has 0 atom stereocenters. The molecule has 0 bridgehead atoms. The zero-order valence-electron chi connectivity index (χ0n) is 13.6. The van der Waals surface area contributed by atoms with E-state index in [1.165, 1.54) is 38.5 Å². The molecule has 0 saturated heterocycles. The molecule has 0 aliphatic heterocycles. The van der Waals surface area contributed by atoms with Gasteiger partial charge in [0.15, 0.2) is 0 Å². The molecule has 1 radical (unpaired) electrons. The molecule has 0 rings (SSSR count). The van der Waals surface area contributed by atoms with E-state index in [9.17, 15) is 0 Å². The monoisotopic (exact) mass is 273 g/mol. The smallest absolute Gasteiger partial charge is 0.0169 e. The molecule has 20 heavy (non-hydrogen) atoms. The van der Waals surface area contributed by atoms with E-state index in [-0.39, 0.29) is 0 Å². The predicted molar refractivity (Wildman–Crippen MR) is 93.8 cm³/mol. The van der Waals surface area contributed by atoms with Gasteiger partial charge in [0, 0.05) is 0 Å². The van der Waals surface area contributed by atoms with E-state index >= 15 is 0 Å². The molecule has 0 spiro atoms. The van der Waals surface area contributed by atoms with Crippen molar-refractivity contribution in [3.05, 3.63) is 55.0 Å². The Bertz CT molecular complexity index is 278. The third kappa shape index (κ3) is 17.0. The highest BCUT2D eigenvalue weighted by Gasteiger charge is 1.80. The highest BCUT2D eigenvalue weighted by atomic mass is 13.9. The number of hydrogen-bond donors (Lipinski definition) is 0. The second kappa shape index (κ2) is 18.0. The van der Waals surface area contributed by atoms with Gasteiger partial charge in [-0.25, -0.2) is 0 Å². The van der Waals surface area contributed by atoms with Crippen molar-refractivity contribution < 1.29 is 0 Å². The molecule has 0 aromatic carbocycles. The fourth-order valence-electron chi connectivity index (χ4n) is 1.82. The topological polar surface area (TPSA) is 0 Å². The van der Waals surface area contributed by atoms with E-state index in [0.29, 0.717) is 0 Å². The van der Waals surface area contributed by atoms with Crippen molar-refractivity contribution in [1.29, 1.82) is 0 Å². The molecule has 0 aliphatic carbocycles. The molecule has 0 nitrogen and oxygen atoms in total. The van der Waals surface area contributed by atoms with Gasteiger partial charge in [-0.2, -0.15) is 0 Å². The molecular formula is C20H33. The van der Waals surface area contributed by atoms with E-state index in [1.54, 1.807) is 0 Å². The van der Waals surface area contributed by atoms with Crippen LogP contribution >= 0.6 is 0 Å². The minimum atomic E-state index is 1.06. The van der Waals surface area contributed by atoms with Crippen molar-refractivity contribution >= 4 is 0 Å². The van der Waals surface area contributed by atoms with Gasteiger partial charge in [-0.05, 0) is 51.4 Å². The van der Waals surface area contributed by atoms with Crippen LogP contribution < -0.4 is 0 Å². The van der Waals surface area contributed by atoms with Gasteiger partial charge in [0.05, 0.1) is 0 Å². The van der Waals surface area contributed by atoms with Crippen LogP contribution in [0.5, 0.6) is 0 Å². The lowest BCUT2D eigenvalue weighted by Gasteiger charge is -1.90. The summed E-state index contributed by atoms with van der Waals surface area (Å²) in [5.74, 6) is 0. The van der Waals surface area contributed by atoms with Gasteiger partial charge in [-0.1, -0.05) is 75.3 Å². The first-order valence-electron chi connectivity index (χ1n) is 8.29. The van der Waals surface area contributed by atoms with Gasteiger partial charge in [0.25, 0.3) is 0 Å². The van der Waals surface area contributed by atoms with Crippen molar-refractivity contribution in [3.63, 3.8) is 0 Å². The van der Waals surface area contributed by atoms with Crippen molar-refractivity contribution in [2.75, 3.05) is 0 Å². The molecule has 0 aliphatic rings. The average molecular weight is 273 g/mol. The molecule has 0 heterocycles. The highest BCUT2D eigenvalue weighted by molar-refractivity contribution is 4.99. The SMILES string of the molecule is C[CH]CC/C=C/C/C=C/C/C=C/C/C=C/CCCCC. The van der Waals surface area contributed by atoms with Crippen molar-refractivity contribution in [1.82, 2.24) is 0 Å². The lowest BCUT2D eigenvalue weighted by Crippen LogP contribution is -1.70. The Kier molecular flexibility index (Phi) is 17.0. The maximum Gasteiger partial charge on any atom is -0.0169 e. The first-order valence-corrected chi connectivity index (χ1v) is 8.29. The molecule has 0 aromatic heterocycles. The van der Waals surface area contributed by atoms with Crippen molar-refractivity contribution in [2.24, 2.45) is 0 Å². The molecule has 113 valence electrons. The molecule has 0 saturated carbocycles. The third-order valence-electron chi connectivity index (χ3n) is 3.08. The standard InChI is InChI=1S/C20H33/c1-3-5-7-9-11-13-15-17-19-20-18-16-14-12-10-8-6-4-2/h3,9,11-12,14-15,17-18,20H,4-8,10,13,16,19H2,1-2H3/b11-9+,14-12+,17-15+,20-18+. The zero-order valence-corrected chi connectivity index (χ0v) is 13.6. The Labute approximate surface area is 127 Å². The van der Waals surface area contributed by atoms with Crippen LogP contribution in [-0.4, -0.2) is 0 Å². The summed E-state index contributed by atoms with van der Waals surface area (Å²) >= 11 is 0. The maximum atomic E-state index is 2.31. The van der Waals surface area contributed by atoms with Crippen LogP contribution in [0, 0.1) is 6.42 Å². The van der Waals surface area contributed by atoms with E-state index in [0.717, 1.165) is 19.3 Å². The maximum absolute atomic E-state index is 2.31. The Hall–Kier alpha value is -1.04. The average Bonchev–Trinajstić information content (AvgIpc) is 2.47. The van der Waals surface area contributed by atoms with E-state index in [1.807, 2.05) is 0 Å². The Balaban J connectivity index is 3.36. The Morgan fingerprint density at radius 2 is 1.05 bits per heavy atom. The van der Waals surface area contributed by atoms with Crippen LogP contribution in [0.2, 0.25) is 0 Å². The summed E-state index contributed by atoms with van der Waals surface area (Å²) in [7, 11) is 0. The van der Waals surface area contributed by atoms with Gasteiger partial charge in [0.2, 0.25) is 0 Å². The van der Waals surface area contributed by atoms with Gasteiger partial charge in [-0.3, -0.25) is 0 Å². The molecule has 0 N–H and O–H groups in total. The van der Waals surface area contributed by atoms with Crippen LogP contribution in [0.4, 0.5) is 0 Å². The summed E-state index contributed by atoms with van der Waals surface area (Å²) in [6, 6.07) is 0. The summed E-state index contributed by atoms with van der Waals surface area (Å²) in [4.78, 5) is 0. The summed E-state index contributed by atoms with van der Waals surface area (Å²) in [6.45, 7) is 4.36. The summed E-state index contributed by atoms with van der Waals surface area (Å²) < 4.78 is 0. The fourth-order valence-corrected chi connectivity index (χ4v) is 1.82. The number of allylic oxidation sites excluding steroid dienone is 8. The second-order valence-electron chi connectivity index (χ2n) is 5.07. The van der Waals surface area contributed by atoms with Crippen LogP contribution in [0.3, 0.4) is 0 Å². The van der Waals surface area contributed by atoms with Gasteiger partial charge >= 0.3 is 0 Å². The fraction of sp³-hybridized carbons (Fsp3) is 0.550. The zero-order chi connectivity index (χ0) is 14.7. The van der Waals surface area contributed by atoms with Gasteiger partial charge in [-0.15, -0.1) is 0 Å². The van der Waals surface area contributed by atoms with Crippen molar-refractivity contribution in [2.45, 2.75) is 71.6 Å². The van der Waals surface area contributed by atoms with Gasteiger partial charge in [0.1, 0.15) is 0 Å². The van der Waals surface area contributed by atoms with E-state index < -0.39 is 0 Å². The van der Waals surface area contributed by atoms with Crippen LogP contribution in [0.25, 0.3) is 0 Å². The second-order valence-corrected chi connectivity index (χ2v) is 5.07. The summed E-state index contributed by atoms with van der Waals surface area (Å²) in [5.41, 5.74) is 0. The molecule has 0 amide bonds. The molecular weight excluding hydrogens is 240 g/mol. The van der Waals surface area contributed by atoms with Crippen molar-refractivity contribution in [3.8, 4) is 0 Å². The van der Waals surface area contributed by atoms with Crippen LogP contribution in [-0.2, 0) is 0 Å². The van der Waals surface area contributed by atoms with Gasteiger partial charge < -0.3 is 0 Å². The molecule has 0 aromatic rings. The number of rotatable bonds is 13. The predicted octanol–water partition coefficient (Wildman–Crippen LogP) is 6.97. The minimum Gasteiger partial charge on any atom is -0.0882 e. The molecule has 0 unspecified atom stereocenters. The molecule has 0 heteroatoms. The largest absolute Gasteiger partial charge is 0.0882 e. The molecule has 0 fully saturated rings. The third-order valence-corrected chi connectivity index (χ3v) is 3.08. The van der Waals surface area contributed by atoms with Crippen LogP contribution in [0.15, 0.2) is 48.6 Å². The first-order chi connectivity index (χ1) is 9.91. The lowest BCUT2D eigenvalue weighted by molar-refractivity contribution is 0.728. The lowest BCUT2D eigenvalue weighted by atomic mass is 10.2. The van der Waals surface area contributed by atoms with E-state index in [2.05, 4.69) is 68.9 Å². The number of hydrogen-bond acceptors (Lipinski definition) is 0. The minimum absolute atomic E-state index is 1.06. The highest BCUT2D eigenvalue weighted by Crippen LogP contribution is 2.01. The first kappa shape index (κ1) is 19.0. The Morgan fingerprint density at radius 1 is 0.550 bits per heavy atom. The summed E-state index contributed by atoms with van der Waals surface area (Å²) in [6.07, 6.45) is 31.1. The quantitative estimate of drug-likeness (QED) is 0.251. The van der Waals surface area contributed by atoms with E-state index in [4.69, 9.17) is 0 Å². The summed E-state index contributed by atoms with van der Waals surface area (Å²) in [5, 5.41) is 0.